The first-order chi connectivity index (χ1) is 9.13. The van der Waals surface area contributed by atoms with E-state index in [-0.39, 0.29) is 6.42 Å². The van der Waals surface area contributed by atoms with Crippen molar-refractivity contribution in [2.24, 2.45) is 0 Å². The average molecular weight is 280 g/mol. The summed E-state index contributed by atoms with van der Waals surface area (Å²) in [6.07, 6.45) is 3.63. The Bertz CT molecular complexity index is 607. The maximum Gasteiger partial charge on any atom is 0.311 e. The fourth-order valence-electron chi connectivity index (χ4n) is 1.50. The molecule has 0 spiro atoms. The van der Waals surface area contributed by atoms with Crippen LogP contribution in [0, 0.1) is 0 Å². The maximum atomic E-state index is 11.2. The van der Waals surface area contributed by atoms with Gasteiger partial charge in [-0.15, -0.1) is 0 Å². The molecule has 2 aromatic heterocycles. The zero-order valence-electron chi connectivity index (χ0n) is 10.0. The van der Waals surface area contributed by atoms with Crippen LogP contribution in [0.15, 0.2) is 24.5 Å². The third-order valence-corrected chi connectivity index (χ3v) is 2.69. The van der Waals surface area contributed by atoms with Crippen LogP contribution in [0.2, 0.25) is 5.15 Å². The van der Waals surface area contributed by atoms with E-state index in [1.165, 1.54) is 24.2 Å². The van der Waals surface area contributed by atoms with Crippen LogP contribution in [0.3, 0.4) is 0 Å². The summed E-state index contributed by atoms with van der Waals surface area (Å²) in [7, 11) is 1.28. The molecule has 19 heavy (non-hydrogen) atoms. The molecule has 7 heteroatoms. The van der Waals surface area contributed by atoms with E-state index < -0.39 is 5.97 Å². The summed E-state index contributed by atoms with van der Waals surface area (Å²) in [4.78, 5) is 26.1. The van der Waals surface area contributed by atoms with Gasteiger partial charge in [0.15, 0.2) is 6.29 Å². The van der Waals surface area contributed by atoms with Crippen molar-refractivity contribution >= 4 is 23.9 Å². The lowest BCUT2D eigenvalue weighted by molar-refractivity contribution is -0.139. The molecule has 2 rings (SSSR count). The lowest BCUT2D eigenvalue weighted by Crippen LogP contribution is -2.07. The van der Waals surface area contributed by atoms with Crippen molar-refractivity contribution in [2.75, 3.05) is 7.11 Å². The monoisotopic (exact) mass is 279 g/mol. The predicted molar refractivity (Wildman–Crippen MR) is 67.5 cm³/mol. The quantitative estimate of drug-likeness (QED) is 0.481. The molecular weight excluding hydrogens is 270 g/mol. The van der Waals surface area contributed by atoms with E-state index >= 15 is 0 Å². The predicted octanol–water partition coefficient (Wildman–Crippen LogP) is 1.45. The Morgan fingerprint density at radius 1 is 1.53 bits per heavy atom. The molecule has 0 aliphatic rings. The van der Waals surface area contributed by atoms with Gasteiger partial charge in [0.1, 0.15) is 5.15 Å². The Kier molecular flexibility index (Phi) is 3.91. The Morgan fingerprint density at radius 2 is 2.32 bits per heavy atom. The van der Waals surface area contributed by atoms with Gasteiger partial charge in [-0.1, -0.05) is 11.6 Å². The van der Waals surface area contributed by atoms with Crippen LogP contribution >= 0.6 is 11.6 Å². The van der Waals surface area contributed by atoms with Crippen molar-refractivity contribution in [3.05, 3.63) is 40.9 Å². The number of nitrogens with zero attached hydrogens (tertiary/aromatic N) is 3. The van der Waals surface area contributed by atoms with Crippen molar-refractivity contribution < 1.29 is 14.3 Å². The van der Waals surface area contributed by atoms with E-state index in [2.05, 4.69) is 14.8 Å². The Labute approximate surface area is 114 Å². The number of methoxy groups -OCH3 is 1. The lowest BCUT2D eigenvalue weighted by atomic mass is 10.2. The van der Waals surface area contributed by atoms with Gasteiger partial charge in [-0.05, 0) is 12.1 Å². The van der Waals surface area contributed by atoms with Gasteiger partial charge in [-0.25, -0.2) is 9.67 Å². The number of carbonyl (C=O) groups is 2. The molecule has 2 heterocycles. The van der Waals surface area contributed by atoms with Gasteiger partial charge in [-0.3, -0.25) is 9.59 Å². The van der Waals surface area contributed by atoms with Gasteiger partial charge in [0, 0.05) is 6.20 Å². The molecule has 0 saturated carbocycles. The first kappa shape index (κ1) is 13.2. The fourth-order valence-corrected chi connectivity index (χ4v) is 1.62. The van der Waals surface area contributed by atoms with Crippen LogP contribution in [0.5, 0.6) is 0 Å². The Hall–Kier alpha value is -2.21. The van der Waals surface area contributed by atoms with Gasteiger partial charge in [0.05, 0.1) is 36.7 Å². The molecule has 0 radical (unpaired) electrons. The number of aromatic nitrogens is 3. The second kappa shape index (κ2) is 5.62. The summed E-state index contributed by atoms with van der Waals surface area (Å²) in [6, 6.07) is 3.32. The molecule has 0 atom stereocenters. The minimum Gasteiger partial charge on any atom is -0.469 e. The van der Waals surface area contributed by atoms with Crippen molar-refractivity contribution in [2.45, 2.75) is 6.42 Å². The van der Waals surface area contributed by atoms with E-state index in [4.69, 9.17) is 11.6 Å². The van der Waals surface area contributed by atoms with Crippen molar-refractivity contribution in [1.82, 2.24) is 14.8 Å². The number of halogens is 1. The van der Waals surface area contributed by atoms with Crippen molar-refractivity contribution in [3.8, 4) is 5.69 Å². The third kappa shape index (κ3) is 2.97. The summed E-state index contributed by atoms with van der Waals surface area (Å²) in [6.45, 7) is 0. The van der Waals surface area contributed by atoms with E-state index in [1.807, 2.05) is 0 Å². The number of ether oxygens (including phenoxy) is 1. The Balaban J connectivity index is 2.35. The molecule has 0 bridgehead atoms. The highest BCUT2D eigenvalue weighted by Crippen LogP contribution is 2.13. The highest BCUT2D eigenvalue weighted by Gasteiger charge is 2.13. The van der Waals surface area contributed by atoms with Crippen LogP contribution in [-0.4, -0.2) is 34.1 Å². The largest absolute Gasteiger partial charge is 0.469 e. The maximum absolute atomic E-state index is 11.2. The topological polar surface area (TPSA) is 74.1 Å². The SMILES string of the molecule is COC(=O)Cc1nn(-c2ccc(Cl)nc2)cc1C=O. The number of hydrogen-bond acceptors (Lipinski definition) is 5. The number of aldehydes is 1. The third-order valence-electron chi connectivity index (χ3n) is 2.47. The standard InChI is InChI=1S/C12H10ClN3O3/c1-19-12(18)4-10-8(7-17)6-16(15-10)9-2-3-11(13)14-5-9/h2-3,5-7H,4H2,1H3. The van der Waals surface area contributed by atoms with Gasteiger partial charge >= 0.3 is 5.97 Å². The molecule has 6 nitrogen and oxygen atoms in total. The summed E-state index contributed by atoms with van der Waals surface area (Å²) in [5.74, 6) is -0.456. The molecular formula is C12H10ClN3O3. The molecule has 2 aromatic rings. The number of rotatable bonds is 4. The number of esters is 1. The fraction of sp³-hybridized carbons (Fsp3) is 0.167. The van der Waals surface area contributed by atoms with Crippen LogP contribution in [-0.2, 0) is 16.0 Å². The molecule has 0 N–H and O–H groups in total. The normalized spacial score (nSPS) is 10.2. The number of pyridine rings is 1. The molecule has 0 unspecified atom stereocenters. The number of carbonyl (C=O) groups excluding carboxylic acids is 2. The molecule has 0 aliphatic carbocycles. The van der Waals surface area contributed by atoms with Crippen LogP contribution in [0.1, 0.15) is 16.1 Å². The van der Waals surface area contributed by atoms with E-state index in [9.17, 15) is 9.59 Å². The second-order valence-corrected chi connectivity index (χ2v) is 4.07. The van der Waals surface area contributed by atoms with E-state index in [0.717, 1.165) is 0 Å². The second-order valence-electron chi connectivity index (χ2n) is 3.69. The highest BCUT2D eigenvalue weighted by molar-refractivity contribution is 6.29. The Morgan fingerprint density at radius 3 is 2.89 bits per heavy atom. The summed E-state index contributed by atoms with van der Waals surface area (Å²) < 4.78 is 6.01. The lowest BCUT2D eigenvalue weighted by Gasteiger charge is -2.00. The van der Waals surface area contributed by atoms with Crippen molar-refractivity contribution in [3.63, 3.8) is 0 Å². The van der Waals surface area contributed by atoms with Crippen LogP contribution in [0.4, 0.5) is 0 Å². The molecule has 0 aliphatic heterocycles. The van der Waals surface area contributed by atoms with Gasteiger partial charge in [0.25, 0.3) is 0 Å². The summed E-state index contributed by atoms with van der Waals surface area (Å²) in [5.41, 5.74) is 1.33. The van der Waals surface area contributed by atoms with E-state index in [0.29, 0.717) is 28.4 Å². The molecule has 0 saturated heterocycles. The molecule has 0 amide bonds. The van der Waals surface area contributed by atoms with Gasteiger partial charge < -0.3 is 4.74 Å². The molecule has 98 valence electrons. The highest BCUT2D eigenvalue weighted by atomic mass is 35.5. The van der Waals surface area contributed by atoms with Gasteiger partial charge in [-0.2, -0.15) is 5.10 Å². The number of hydrogen-bond donors (Lipinski definition) is 0. The first-order valence-corrected chi connectivity index (χ1v) is 5.74. The zero-order chi connectivity index (χ0) is 13.8. The first-order valence-electron chi connectivity index (χ1n) is 5.36. The van der Waals surface area contributed by atoms with Crippen LogP contribution < -0.4 is 0 Å². The van der Waals surface area contributed by atoms with Crippen LogP contribution in [0.25, 0.3) is 5.69 Å². The minimum atomic E-state index is -0.456. The summed E-state index contributed by atoms with van der Waals surface area (Å²) >= 11 is 5.69. The van der Waals surface area contributed by atoms with Crippen molar-refractivity contribution in [1.29, 1.82) is 0 Å². The average Bonchev–Trinajstić information content (AvgIpc) is 2.82. The zero-order valence-corrected chi connectivity index (χ0v) is 10.8. The summed E-state index contributed by atoms with van der Waals surface area (Å²) in [5, 5.41) is 4.53. The molecule has 0 aromatic carbocycles. The molecule has 0 fully saturated rings. The smallest absolute Gasteiger partial charge is 0.311 e. The minimum absolute atomic E-state index is 0.0570. The van der Waals surface area contributed by atoms with E-state index in [1.54, 1.807) is 12.1 Å². The van der Waals surface area contributed by atoms with Gasteiger partial charge in [0.2, 0.25) is 0 Å².